The lowest BCUT2D eigenvalue weighted by atomic mass is 10.0. The van der Waals surface area contributed by atoms with Gasteiger partial charge in [0.15, 0.2) is 5.72 Å². The second-order valence-electron chi connectivity index (χ2n) is 6.84. The molecule has 2 fully saturated rings. The minimum Gasteiger partial charge on any atom is -0.339 e. The van der Waals surface area contributed by atoms with E-state index in [1.807, 2.05) is 0 Å². The highest BCUT2D eigenvalue weighted by Crippen LogP contribution is 2.36. The molecule has 2 aliphatic rings. The maximum absolute atomic E-state index is 13.2. The van der Waals surface area contributed by atoms with E-state index in [1.165, 1.54) is 18.2 Å². The van der Waals surface area contributed by atoms with Crippen LogP contribution in [-0.4, -0.2) is 43.0 Å². The Morgan fingerprint density at radius 3 is 2.56 bits per heavy atom. The van der Waals surface area contributed by atoms with Crippen LogP contribution in [0.4, 0.5) is 8.78 Å². The molecule has 1 unspecified atom stereocenters. The van der Waals surface area contributed by atoms with E-state index >= 15 is 0 Å². The zero-order valence-corrected chi connectivity index (χ0v) is 14.8. The highest BCUT2D eigenvalue weighted by atomic mass is 32.2. The van der Waals surface area contributed by atoms with E-state index in [4.69, 9.17) is 4.74 Å². The minimum atomic E-state index is -4.13. The highest BCUT2D eigenvalue weighted by molar-refractivity contribution is 7.89. The number of carbonyl (C=O) groups is 1. The number of rotatable bonds is 3. The Morgan fingerprint density at radius 2 is 1.96 bits per heavy atom. The largest absolute Gasteiger partial charge is 0.339 e. The van der Waals surface area contributed by atoms with Gasteiger partial charge in [-0.3, -0.25) is 4.79 Å². The molecule has 1 spiro atoms. The number of nitrogens with zero attached hydrogens (tertiary/aromatic N) is 1. The number of nitrogens with one attached hydrogen (secondary N) is 1. The molecule has 3 rings (SSSR count). The van der Waals surface area contributed by atoms with E-state index < -0.39 is 38.2 Å². The van der Waals surface area contributed by atoms with Crippen molar-refractivity contribution in [3.63, 3.8) is 0 Å². The molecule has 0 radical (unpaired) electrons. The highest BCUT2D eigenvalue weighted by Gasteiger charge is 2.53. The maximum atomic E-state index is 13.2. The molecule has 1 N–H and O–H groups in total. The van der Waals surface area contributed by atoms with Gasteiger partial charge in [-0.1, -0.05) is 18.2 Å². The number of hydrogen-bond donors (Lipinski definition) is 1. The number of halogens is 2. The molecular weight excluding hydrogens is 354 g/mol. The fourth-order valence-corrected chi connectivity index (χ4v) is 5.06. The van der Waals surface area contributed by atoms with Crippen molar-refractivity contribution in [3.05, 3.63) is 29.8 Å². The van der Waals surface area contributed by atoms with Crippen molar-refractivity contribution in [1.82, 2.24) is 9.62 Å². The van der Waals surface area contributed by atoms with Gasteiger partial charge in [0, 0.05) is 12.1 Å². The van der Waals surface area contributed by atoms with Crippen molar-refractivity contribution in [2.24, 2.45) is 0 Å². The monoisotopic (exact) mass is 374 g/mol. The Kier molecular flexibility index (Phi) is 4.37. The predicted octanol–water partition coefficient (Wildman–Crippen LogP) is 2.03. The molecule has 0 bridgehead atoms. The van der Waals surface area contributed by atoms with E-state index in [0.29, 0.717) is 12.8 Å². The van der Waals surface area contributed by atoms with Crippen LogP contribution in [0.25, 0.3) is 0 Å². The van der Waals surface area contributed by atoms with Crippen molar-refractivity contribution in [2.45, 2.75) is 49.3 Å². The Morgan fingerprint density at radius 1 is 1.28 bits per heavy atom. The third-order valence-electron chi connectivity index (χ3n) is 4.53. The van der Waals surface area contributed by atoms with Crippen LogP contribution >= 0.6 is 0 Å². The summed E-state index contributed by atoms with van der Waals surface area (Å²) in [6.45, 7) is 3.29. The molecular formula is C16H20F2N2O4S. The molecule has 2 aliphatic heterocycles. The summed E-state index contributed by atoms with van der Waals surface area (Å²) in [5.41, 5.74) is -2.71. The summed E-state index contributed by atoms with van der Waals surface area (Å²) in [5, 5.41) is 2.74. The minimum absolute atomic E-state index is 0.109. The molecule has 9 heteroatoms. The van der Waals surface area contributed by atoms with E-state index in [-0.39, 0.29) is 19.0 Å². The van der Waals surface area contributed by atoms with Gasteiger partial charge in [0.05, 0.1) is 11.4 Å². The summed E-state index contributed by atoms with van der Waals surface area (Å²) in [6.07, 6.45) is -1.98. The van der Waals surface area contributed by atoms with Gasteiger partial charge < -0.3 is 10.1 Å². The van der Waals surface area contributed by atoms with Gasteiger partial charge in [-0.2, -0.15) is 4.31 Å². The van der Waals surface area contributed by atoms with Crippen molar-refractivity contribution < 1.29 is 26.7 Å². The Labute approximate surface area is 145 Å². The molecule has 0 aromatic heterocycles. The summed E-state index contributed by atoms with van der Waals surface area (Å²) < 4.78 is 59.2. The lowest BCUT2D eigenvalue weighted by molar-refractivity contribution is -0.137. The van der Waals surface area contributed by atoms with Crippen molar-refractivity contribution in [3.8, 4) is 0 Å². The number of benzene rings is 1. The van der Waals surface area contributed by atoms with Crippen LogP contribution in [0.3, 0.4) is 0 Å². The molecule has 1 aromatic rings. The van der Waals surface area contributed by atoms with Crippen LogP contribution in [0, 0.1) is 0 Å². The predicted molar refractivity (Wildman–Crippen MR) is 85.4 cm³/mol. The van der Waals surface area contributed by atoms with E-state index in [2.05, 4.69) is 5.32 Å². The van der Waals surface area contributed by atoms with Gasteiger partial charge in [0.25, 0.3) is 12.3 Å². The van der Waals surface area contributed by atoms with Crippen molar-refractivity contribution in [2.75, 3.05) is 13.1 Å². The number of carbonyl (C=O) groups excluding carboxylic acids is 1. The molecule has 0 aliphatic carbocycles. The van der Waals surface area contributed by atoms with Crippen LogP contribution in [0.1, 0.15) is 38.7 Å². The lowest BCUT2D eigenvalue weighted by Crippen LogP contribution is -2.56. The molecule has 2 saturated heterocycles. The molecule has 138 valence electrons. The summed E-state index contributed by atoms with van der Waals surface area (Å²) in [6, 6.07) is 5.07. The average molecular weight is 374 g/mol. The van der Waals surface area contributed by atoms with Gasteiger partial charge in [0.2, 0.25) is 10.0 Å². The first-order valence-electron chi connectivity index (χ1n) is 7.97. The van der Waals surface area contributed by atoms with Crippen LogP contribution in [0.5, 0.6) is 0 Å². The van der Waals surface area contributed by atoms with Crippen molar-refractivity contribution >= 4 is 15.9 Å². The Balaban J connectivity index is 1.93. The standard InChI is InChI=1S/C16H20F2N2O4S/c1-15(2)14(21)19-16(24-15)8-5-9-20(10-16)25(22,23)12-7-4-3-6-11(12)13(17)18/h3-4,6-7,13H,5,8-10H2,1-2H3,(H,19,21). The smallest absolute Gasteiger partial charge is 0.265 e. The third-order valence-corrected chi connectivity index (χ3v) is 6.45. The number of hydrogen-bond acceptors (Lipinski definition) is 4. The first kappa shape index (κ1) is 18.2. The maximum Gasteiger partial charge on any atom is 0.265 e. The fraction of sp³-hybridized carbons (Fsp3) is 0.562. The van der Waals surface area contributed by atoms with Crippen LogP contribution in [0.15, 0.2) is 29.2 Å². The molecule has 6 nitrogen and oxygen atoms in total. The Hall–Kier alpha value is -1.58. The van der Waals surface area contributed by atoms with Gasteiger partial charge in [-0.15, -0.1) is 0 Å². The molecule has 1 aromatic carbocycles. The molecule has 1 amide bonds. The Bertz CT molecular complexity index is 797. The van der Waals surface area contributed by atoms with E-state index in [1.54, 1.807) is 13.8 Å². The zero-order valence-electron chi connectivity index (χ0n) is 14.0. The normalized spacial score (nSPS) is 27.0. The number of ether oxygens (including phenoxy) is 1. The SMILES string of the molecule is CC1(C)OC2(CCCN(S(=O)(=O)c3ccccc3C(F)F)C2)NC1=O. The van der Waals surface area contributed by atoms with Crippen LogP contribution in [0.2, 0.25) is 0 Å². The number of amides is 1. The second-order valence-corrected chi connectivity index (χ2v) is 8.75. The summed E-state index contributed by atoms with van der Waals surface area (Å²) in [5.74, 6) is -0.320. The van der Waals surface area contributed by atoms with E-state index in [0.717, 1.165) is 10.4 Å². The summed E-state index contributed by atoms with van der Waals surface area (Å²) in [4.78, 5) is 11.6. The zero-order chi connectivity index (χ0) is 18.5. The molecule has 2 heterocycles. The first-order valence-corrected chi connectivity index (χ1v) is 9.41. The van der Waals surface area contributed by atoms with Gasteiger partial charge in [-0.05, 0) is 32.8 Å². The molecule has 1 atom stereocenters. The first-order chi connectivity index (χ1) is 11.6. The van der Waals surface area contributed by atoms with Gasteiger partial charge >= 0.3 is 0 Å². The average Bonchev–Trinajstić information content (AvgIpc) is 2.75. The van der Waals surface area contributed by atoms with Crippen LogP contribution in [-0.2, 0) is 19.6 Å². The van der Waals surface area contributed by atoms with Crippen LogP contribution < -0.4 is 5.32 Å². The number of alkyl halides is 2. The lowest BCUT2D eigenvalue weighted by Gasteiger charge is -2.39. The molecule has 0 saturated carbocycles. The van der Waals surface area contributed by atoms with Crippen molar-refractivity contribution in [1.29, 1.82) is 0 Å². The van der Waals surface area contributed by atoms with E-state index in [9.17, 15) is 22.0 Å². The molecule has 25 heavy (non-hydrogen) atoms. The topological polar surface area (TPSA) is 75.7 Å². The van der Waals surface area contributed by atoms with Gasteiger partial charge in [0.1, 0.15) is 5.60 Å². The van der Waals surface area contributed by atoms with Gasteiger partial charge in [-0.25, -0.2) is 17.2 Å². The number of sulfonamides is 1. The fourth-order valence-electron chi connectivity index (χ4n) is 3.33. The summed E-state index contributed by atoms with van der Waals surface area (Å²) in [7, 11) is -4.13. The second kappa shape index (κ2) is 6.00. The quantitative estimate of drug-likeness (QED) is 0.878. The summed E-state index contributed by atoms with van der Waals surface area (Å²) >= 11 is 0. The number of piperidine rings is 1. The third kappa shape index (κ3) is 3.16.